The Hall–Kier alpha value is -3.40. The maximum atomic E-state index is 12.3. The molecule has 0 saturated heterocycles. The summed E-state index contributed by atoms with van der Waals surface area (Å²) in [6.45, 7) is 1.36. The molecule has 10 heteroatoms. The average Bonchev–Trinajstić information content (AvgIpc) is 2.75. The van der Waals surface area contributed by atoms with Gasteiger partial charge in [-0.3, -0.25) is 9.10 Å². The summed E-state index contributed by atoms with van der Waals surface area (Å²) < 4.78 is 35.1. The third-order valence-corrected chi connectivity index (χ3v) is 5.31. The zero-order valence-electron chi connectivity index (χ0n) is 17.6. The van der Waals surface area contributed by atoms with Gasteiger partial charge < -0.3 is 9.47 Å². The number of hydrazone groups is 1. The first-order chi connectivity index (χ1) is 14.7. The molecule has 0 saturated carbocycles. The van der Waals surface area contributed by atoms with Crippen LogP contribution in [0.4, 0.5) is 5.69 Å². The summed E-state index contributed by atoms with van der Waals surface area (Å²) in [7, 11) is -2.40. The van der Waals surface area contributed by atoms with Crippen molar-refractivity contribution in [2.75, 3.05) is 30.8 Å². The molecule has 0 aliphatic heterocycles. The second-order valence-electron chi connectivity index (χ2n) is 6.52. The third-order valence-electron chi connectivity index (χ3n) is 4.17. The Morgan fingerprint density at radius 2 is 1.87 bits per heavy atom. The highest BCUT2D eigenvalue weighted by Crippen LogP contribution is 2.18. The van der Waals surface area contributed by atoms with Gasteiger partial charge in [0.25, 0.3) is 5.91 Å². The van der Waals surface area contributed by atoms with Crippen LogP contribution in [0.5, 0.6) is 5.75 Å². The molecule has 2 rings (SSSR count). The van der Waals surface area contributed by atoms with Crippen molar-refractivity contribution in [1.29, 1.82) is 0 Å². The minimum absolute atomic E-state index is 0.228. The number of hydrogen-bond acceptors (Lipinski definition) is 7. The highest BCUT2D eigenvalue weighted by molar-refractivity contribution is 7.92. The SMILES string of the molecule is CCc1ccc(N(CC(=O)N/N=C\c2cccc(OCC(=O)OC)c2)S(C)(=O)=O)cc1. The van der Waals surface area contributed by atoms with Gasteiger partial charge in [-0.15, -0.1) is 0 Å². The lowest BCUT2D eigenvalue weighted by atomic mass is 10.1. The number of rotatable bonds is 10. The van der Waals surface area contributed by atoms with Gasteiger partial charge in [0.05, 0.1) is 25.3 Å². The first kappa shape index (κ1) is 23.9. The first-order valence-corrected chi connectivity index (χ1v) is 11.3. The molecule has 31 heavy (non-hydrogen) atoms. The van der Waals surface area contributed by atoms with Crippen LogP contribution in [0, 0.1) is 0 Å². The Morgan fingerprint density at radius 1 is 1.16 bits per heavy atom. The van der Waals surface area contributed by atoms with E-state index in [4.69, 9.17) is 4.74 Å². The minimum Gasteiger partial charge on any atom is -0.482 e. The van der Waals surface area contributed by atoms with E-state index in [1.165, 1.54) is 13.3 Å². The van der Waals surface area contributed by atoms with Crippen LogP contribution < -0.4 is 14.5 Å². The maximum absolute atomic E-state index is 12.3. The highest BCUT2D eigenvalue weighted by Gasteiger charge is 2.20. The van der Waals surface area contributed by atoms with Crippen LogP contribution in [0.15, 0.2) is 53.6 Å². The maximum Gasteiger partial charge on any atom is 0.343 e. The van der Waals surface area contributed by atoms with E-state index < -0.39 is 28.4 Å². The number of methoxy groups -OCH3 is 1. The summed E-state index contributed by atoms with van der Waals surface area (Å²) >= 11 is 0. The summed E-state index contributed by atoms with van der Waals surface area (Å²) in [5, 5.41) is 3.86. The molecular weight excluding hydrogens is 422 g/mol. The third kappa shape index (κ3) is 7.74. The van der Waals surface area contributed by atoms with E-state index in [2.05, 4.69) is 15.3 Å². The van der Waals surface area contributed by atoms with Crippen LogP contribution in [-0.4, -0.2) is 53.0 Å². The van der Waals surface area contributed by atoms with Gasteiger partial charge in [-0.05, 0) is 41.8 Å². The molecule has 0 unspecified atom stereocenters. The summed E-state index contributed by atoms with van der Waals surface area (Å²) in [6, 6.07) is 13.7. The molecule has 0 atom stereocenters. The second-order valence-corrected chi connectivity index (χ2v) is 8.43. The largest absolute Gasteiger partial charge is 0.482 e. The molecule has 2 aromatic carbocycles. The quantitative estimate of drug-likeness (QED) is 0.337. The molecule has 1 N–H and O–H groups in total. The predicted molar refractivity (Wildman–Crippen MR) is 118 cm³/mol. The van der Waals surface area contributed by atoms with E-state index in [9.17, 15) is 18.0 Å². The van der Waals surface area contributed by atoms with Gasteiger partial charge in [-0.25, -0.2) is 18.6 Å². The van der Waals surface area contributed by atoms with Crippen LogP contribution in [0.1, 0.15) is 18.1 Å². The van der Waals surface area contributed by atoms with Crippen molar-refractivity contribution >= 4 is 33.8 Å². The smallest absolute Gasteiger partial charge is 0.343 e. The van der Waals surface area contributed by atoms with E-state index in [1.54, 1.807) is 36.4 Å². The summed E-state index contributed by atoms with van der Waals surface area (Å²) in [5.41, 5.74) is 4.38. The number of ether oxygens (including phenoxy) is 2. The number of nitrogens with one attached hydrogen (secondary N) is 1. The van der Waals surface area contributed by atoms with Crippen molar-refractivity contribution in [3.05, 3.63) is 59.7 Å². The fourth-order valence-corrected chi connectivity index (χ4v) is 3.38. The van der Waals surface area contributed by atoms with Gasteiger partial charge in [-0.1, -0.05) is 31.2 Å². The fourth-order valence-electron chi connectivity index (χ4n) is 2.53. The molecule has 0 radical (unpaired) electrons. The molecule has 0 aliphatic carbocycles. The number of hydrogen-bond donors (Lipinski definition) is 1. The number of amides is 1. The van der Waals surface area contributed by atoms with Gasteiger partial charge in [-0.2, -0.15) is 5.10 Å². The molecule has 166 valence electrons. The standard InChI is InChI=1S/C21H25N3O6S/c1-4-16-8-10-18(11-9-16)24(31(3,27)28)14-20(25)23-22-13-17-6-5-7-19(12-17)30-15-21(26)29-2/h5-13H,4,14-15H2,1-3H3,(H,23,25)/b22-13-. The van der Waals surface area contributed by atoms with Crippen LogP contribution in [0.3, 0.4) is 0 Å². The number of benzene rings is 2. The van der Waals surface area contributed by atoms with Gasteiger partial charge in [0, 0.05) is 0 Å². The summed E-state index contributed by atoms with van der Waals surface area (Å²) in [5.74, 6) is -0.676. The van der Waals surface area contributed by atoms with E-state index in [0.717, 1.165) is 22.5 Å². The van der Waals surface area contributed by atoms with Crippen LogP contribution in [-0.2, 0) is 30.8 Å². The molecule has 0 spiro atoms. The number of carbonyl (C=O) groups excluding carboxylic acids is 2. The lowest BCUT2D eigenvalue weighted by Crippen LogP contribution is -2.39. The van der Waals surface area contributed by atoms with Gasteiger partial charge in [0.1, 0.15) is 12.3 Å². The van der Waals surface area contributed by atoms with Crippen LogP contribution in [0.25, 0.3) is 0 Å². The van der Waals surface area contributed by atoms with Crippen molar-refractivity contribution in [2.24, 2.45) is 5.10 Å². The number of carbonyl (C=O) groups is 2. The highest BCUT2D eigenvalue weighted by atomic mass is 32.2. The van der Waals surface area contributed by atoms with Gasteiger partial charge in [0.2, 0.25) is 10.0 Å². The molecule has 2 aromatic rings. The number of esters is 1. The Kier molecular flexibility index (Phi) is 8.56. The average molecular weight is 448 g/mol. The molecule has 1 amide bonds. The molecule has 0 heterocycles. The lowest BCUT2D eigenvalue weighted by molar-refractivity contribution is -0.142. The summed E-state index contributed by atoms with van der Waals surface area (Å²) in [6.07, 6.45) is 3.24. The van der Waals surface area contributed by atoms with Crippen molar-refractivity contribution in [1.82, 2.24) is 5.43 Å². The fraction of sp³-hybridized carbons (Fsp3) is 0.286. The zero-order valence-corrected chi connectivity index (χ0v) is 18.4. The molecule has 0 aliphatic rings. The number of aryl methyl sites for hydroxylation is 1. The molecular formula is C21H25N3O6S. The molecule has 9 nitrogen and oxygen atoms in total. The normalized spacial score (nSPS) is 11.2. The lowest BCUT2D eigenvalue weighted by Gasteiger charge is -2.21. The minimum atomic E-state index is -3.66. The Bertz CT molecular complexity index is 1040. The van der Waals surface area contributed by atoms with Crippen molar-refractivity contribution in [3.63, 3.8) is 0 Å². The number of nitrogens with zero attached hydrogens (tertiary/aromatic N) is 2. The second kappa shape index (κ2) is 11.1. The zero-order chi connectivity index (χ0) is 22.9. The van der Waals surface area contributed by atoms with Gasteiger partial charge in [0.15, 0.2) is 6.61 Å². The van der Waals surface area contributed by atoms with E-state index in [-0.39, 0.29) is 6.61 Å². The topological polar surface area (TPSA) is 114 Å². The summed E-state index contributed by atoms with van der Waals surface area (Å²) in [4.78, 5) is 23.4. The molecule has 0 aromatic heterocycles. The van der Waals surface area contributed by atoms with Gasteiger partial charge >= 0.3 is 5.97 Å². The van der Waals surface area contributed by atoms with Crippen molar-refractivity contribution < 1.29 is 27.5 Å². The van der Waals surface area contributed by atoms with E-state index in [0.29, 0.717) is 17.0 Å². The van der Waals surface area contributed by atoms with Crippen LogP contribution >= 0.6 is 0 Å². The Labute approximate surface area is 181 Å². The number of sulfonamides is 1. The number of anilines is 1. The predicted octanol–water partition coefficient (Wildman–Crippen LogP) is 1.72. The van der Waals surface area contributed by atoms with Crippen LogP contribution in [0.2, 0.25) is 0 Å². The van der Waals surface area contributed by atoms with Crippen molar-refractivity contribution in [3.8, 4) is 5.75 Å². The molecule has 0 fully saturated rings. The Morgan fingerprint density at radius 3 is 2.48 bits per heavy atom. The Balaban J connectivity index is 2.00. The monoisotopic (exact) mass is 447 g/mol. The van der Waals surface area contributed by atoms with E-state index in [1.807, 2.05) is 19.1 Å². The molecule has 0 bridgehead atoms. The first-order valence-electron chi connectivity index (χ1n) is 9.41. The van der Waals surface area contributed by atoms with Crippen molar-refractivity contribution in [2.45, 2.75) is 13.3 Å². The van der Waals surface area contributed by atoms with E-state index >= 15 is 0 Å².